The van der Waals surface area contributed by atoms with Crippen molar-refractivity contribution in [1.29, 1.82) is 0 Å². The molecule has 1 aromatic heterocycles. The third kappa shape index (κ3) is 3.94. The van der Waals surface area contributed by atoms with E-state index in [0.29, 0.717) is 6.61 Å². The molecule has 28 heavy (non-hydrogen) atoms. The Bertz CT molecular complexity index is 922. The predicted octanol–water partition coefficient (Wildman–Crippen LogP) is 2.96. The molecule has 2 aromatic carbocycles. The highest BCUT2D eigenvalue weighted by atomic mass is 16.7. The summed E-state index contributed by atoms with van der Waals surface area (Å²) < 4.78 is 5.46. The average molecular weight is 379 g/mol. The lowest BCUT2D eigenvalue weighted by Crippen LogP contribution is -2.46. The first-order valence-corrected chi connectivity index (χ1v) is 9.56. The van der Waals surface area contributed by atoms with E-state index < -0.39 is 0 Å². The monoisotopic (exact) mass is 379 g/mol. The maximum Gasteiger partial charge on any atom is 0.137 e. The number of ether oxygens (including phenoxy) is 1. The lowest BCUT2D eigenvalue weighted by molar-refractivity contribution is -0.133. The van der Waals surface area contributed by atoms with Gasteiger partial charge in [-0.2, -0.15) is 5.06 Å². The molecule has 6 heteroatoms. The largest absolute Gasteiger partial charge is 0.491 e. The van der Waals surface area contributed by atoms with Crippen LogP contribution in [0.15, 0.2) is 54.6 Å². The number of rotatable bonds is 6. The van der Waals surface area contributed by atoms with E-state index in [1.54, 1.807) is 7.11 Å². The Kier molecular flexibility index (Phi) is 5.71. The van der Waals surface area contributed by atoms with Crippen LogP contribution < -0.4 is 9.64 Å². The molecule has 146 valence electrons. The molecular formula is C22H25N3O3. The SMILES string of the molecule is CON1CCN(c2nc(-c3ccc(OCCO)cc3)cc3ccccc23)CC1. The van der Waals surface area contributed by atoms with E-state index in [-0.39, 0.29) is 6.61 Å². The summed E-state index contributed by atoms with van der Waals surface area (Å²) in [5.41, 5.74) is 1.98. The predicted molar refractivity (Wildman–Crippen MR) is 111 cm³/mol. The minimum atomic E-state index is 0.00762. The van der Waals surface area contributed by atoms with Crippen molar-refractivity contribution in [2.45, 2.75) is 0 Å². The molecule has 0 saturated carbocycles. The van der Waals surface area contributed by atoms with Crippen LogP contribution in [0.2, 0.25) is 0 Å². The van der Waals surface area contributed by atoms with Crippen molar-refractivity contribution in [3.8, 4) is 17.0 Å². The molecule has 3 aromatic rings. The first-order valence-electron chi connectivity index (χ1n) is 9.56. The van der Waals surface area contributed by atoms with E-state index in [0.717, 1.165) is 49.0 Å². The minimum absolute atomic E-state index is 0.00762. The van der Waals surface area contributed by atoms with E-state index >= 15 is 0 Å². The standard InChI is InChI=1S/C22H25N3O3/c1-27-25-12-10-24(11-13-25)22-20-5-3-2-4-18(20)16-21(23-22)17-6-8-19(9-7-17)28-15-14-26/h2-9,16,26H,10-15H2,1H3. The van der Waals surface area contributed by atoms with Crippen molar-refractivity contribution in [1.82, 2.24) is 10.0 Å². The molecule has 1 saturated heterocycles. The zero-order valence-electron chi connectivity index (χ0n) is 16.0. The second-order valence-electron chi connectivity index (χ2n) is 6.75. The highest BCUT2D eigenvalue weighted by Gasteiger charge is 2.20. The summed E-state index contributed by atoms with van der Waals surface area (Å²) in [6, 6.07) is 18.4. The molecular weight excluding hydrogens is 354 g/mol. The van der Waals surface area contributed by atoms with Crippen molar-refractivity contribution in [2.75, 3.05) is 51.4 Å². The zero-order chi connectivity index (χ0) is 19.3. The highest BCUT2D eigenvalue weighted by Crippen LogP contribution is 2.31. The van der Waals surface area contributed by atoms with Crippen LogP contribution in [0.25, 0.3) is 22.0 Å². The number of fused-ring (bicyclic) bond motifs is 1. The summed E-state index contributed by atoms with van der Waals surface area (Å²) in [5, 5.41) is 13.2. The first-order chi connectivity index (χ1) is 13.8. The van der Waals surface area contributed by atoms with Crippen LogP contribution in [-0.4, -0.2) is 61.7 Å². The van der Waals surface area contributed by atoms with Gasteiger partial charge in [0.05, 0.1) is 19.4 Å². The lowest BCUT2D eigenvalue weighted by Gasteiger charge is -2.34. The van der Waals surface area contributed by atoms with Gasteiger partial charge < -0.3 is 19.6 Å². The Morgan fingerprint density at radius 2 is 1.75 bits per heavy atom. The van der Waals surface area contributed by atoms with Gasteiger partial charge in [-0.25, -0.2) is 4.98 Å². The fraction of sp³-hybridized carbons (Fsp3) is 0.318. The summed E-state index contributed by atoms with van der Waals surface area (Å²) in [5.74, 6) is 1.76. The number of hydrogen-bond donors (Lipinski definition) is 1. The lowest BCUT2D eigenvalue weighted by atomic mass is 10.1. The van der Waals surface area contributed by atoms with Crippen LogP contribution in [0.3, 0.4) is 0 Å². The molecule has 0 atom stereocenters. The number of aliphatic hydroxyl groups is 1. The van der Waals surface area contributed by atoms with Gasteiger partial charge >= 0.3 is 0 Å². The van der Waals surface area contributed by atoms with Crippen LogP contribution in [0.4, 0.5) is 5.82 Å². The molecule has 0 spiro atoms. The second kappa shape index (κ2) is 8.56. The molecule has 1 aliphatic heterocycles. The van der Waals surface area contributed by atoms with Crippen LogP contribution in [-0.2, 0) is 4.84 Å². The van der Waals surface area contributed by atoms with Crippen molar-refractivity contribution >= 4 is 16.6 Å². The molecule has 0 unspecified atom stereocenters. The number of hydroxylamine groups is 2. The van der Waals surface area contributed by atoms with Crippen molar-refractivity contribution in [2.24, 2.45) is 0 Å². The normalized spacial score (nSPS) is 15.1. The number of aromatic nitrogens is 1. The molecule has 1 aliphatic rings. The van der Waals surface area contributed by atoms with Crippen molar-refractivity contribution < 1.29 is 14.7 Å². The fourth-order valence-electron chi connectivity index (χ4n) is 3.54. The van der Waals surface area contributed by atoms with E-state index in [9.17, 15) is 0 Å². The van der Waals surface area contributed by atoms with E-state index in [1.807, 2.05) is 29.3 Å². The molecule has 0 bridgehead atoms. The van der Waals surface area contributed by atoms with E-state index in [4.69, 9.17) is 19.7 Å². The fourth-order valence-corrected chi connectivity index (χ4v) is 3.54. The number of pyridine rings is 1. The Morgan fingerprint density at radius 1 is 1.00 bits per heavy atom. The molecule has 1 fully saturated rings. The van der Waals surface area contributed by atoms with Gasteiger partial charge in [-0.05, 0) is 35.7 Å². The van der Waals surface area contributed by atoms with Gasteiger partial charge in [0.2, 0.25) is 0 Å². The minimum Gasteiger partial charge on any atom is -0.491 e. The third-order valence-corrected chi connectivity index (χ3v) is 5.03. The highest BCUT2D eigenvalue weighted by molar-refractivity contribution is 5.95. The number of piperazine rings is 1. The van der Waals surface area contributed by atoms with Gasteiger partial charge in [-0.15, -0.1) is 0 Å². The third-order valence-electron chi connectivity index (χ3n) is 5.03. The van der Waals surface area contributed by atoms with E-state index in [1.165, 1.54) is 10.8 Å². The van der Waals surface area contributed by atoms with Gasteiger partial charge in [0.25, 0.3) is 0 Å². The Morgan fingerprint density at radius 3 is 2.46 bits per heavy atom. The van der Waals surface area contributed by atoms with Crippen LogP contribution in [0.5, 0.6) is 5.75 Å². The Hall–Kier alpha value is -2.67. The van der Waals surface area contributed by atoms with Gasteiger partial charge in [0.1, 0.15) is 18.2 Å². The molecule has 6 nitrogen and oxygen atoms in total. The first kappa shape index (κ1) is 18.7. The second-order valence-corrected chi connectivity index (χ2v) is 6.75. The maximum absolute atomic E-state index is 8.90. The topological polar surface area (TPSA) is 58.1 Å². The maximum atomic E-state index is 8.90. The molecule has 2 heterocycles. The summed E-state index contributed by atoms with van der Waals surface area (Å²) >= 11 is 0. The van der Waals surface area contributed by atoms with Gasteiger partial charge in [0.15, 0.2) is 0 Å². The summed E-state index contributed by atoms with van der Waals surface area (Å²) in [7, 11) is 1.72. The molecule has 0 amide bonds. The van der Waals surface area contributed by atoms with Crippen molar-refractivity contribution in [3.05, 3.63) is 54.6 Å². The zero-order valence-corrected chi connectivity index (χ0v) is 16.0. The molecule has 1 N–H and O–H groups in total. The van der Waals surface area contributed by atoms with Gasteiger partial charge in [0, 0.05) is 37.1 Å². The average Bonchev–Trinajstić information content (AvgIpc) is 2.77. The van der Waals surface area contributed by atoms with Gasteiger partial charge in [-0.1, -0.05) is 24.3 Å². The van der Waals surface area contributed by atoms with Crippen LogP contribution in [0.1, 0.15) is 0 Å². The number of nitrogens with zero attached hydrogens (tertiary/aromatic N) is 3. The number of benzene rings is 2. The van der Waals surface area contributed by atoms with Crippen LogP contribution in [0, 0.1) is 0 Å². The quantitative estimate of drug-likeness (QED) is 0.711. The van der Waals surface area contributed by atoms with Gasteiger partial charge in [-0.3, -0.25) is 0 Å². The van der Waals surface area contributed by atoms with E-state index in [2.05, 4.69) is 35.2 Å². The van der Waals surface area contributed by atoms with Crippen molar-refractivity contribution in [3.63, 3.8) is 0 Å². The smallest absolute Gasteiger partial charge is 0.137 e. The summed E-state index contributed by atoms with van der Waals surface area (Å²) in [6.07, 6.45) is 0. The summed E-state index contributed by atoms with van der Waals surface area (Å²) in [6.45, 7) is 3.77. The van der Waals surface area contributed by atoms with Crippen LogP contribution >= 0.6 is 0 Å². The Balaban J connectivity index is 1.68. The number of anilines is 1. The summed E-state index contributed by atoms with van der Waals surface area (Å²) in [4.78, 5) is 12.7. The Labute approximate surface area is 164 Å². The molecule has 4 rings (SSSR count). The molecule has 0 aliphatic carbocycles. The number of aliphatic hydroxyl groups excluding tert-OH is 1. The molecule has 0 radical (unpaired) electrons. The number of hydrogen-bond acceptors (Lipinski definition) is 6.